The smallest absolute Gasteiger partial charge is 0.143 e. The zero-order chi connectivity index (χ0) is 14.3. The highest BCUT2D eigenvalue weighted by Crippen LogP contribution is 2.32. The molecule has 0 N–H and O–H groups in total. The average Bonchev–Trinajstić information content (AvgIpc) is 2.38. The molecular formula is C17H30O2. The molecule has 0 saturated heterocycles. The Morgan fingerprint density at radius 1 is 1.21 bits per heavy atom. The normalized spacial score (nSPS) is 23.9. The van der Waals surface area contributed by atoms with E-state index >= 15 is 0 Å². The molecule has 2 unspecified atom stereocenters. The molecule has 2 nitrogen and oxygen atoms in total. The van der Waals surface area contributed by atoms with Crippen molar-refractivity contribution < 1.29 is 9.59 Å². The number of carbonyl (C=O) groups excluding carboxylic acids is 2. The van der Waals surface area contributed by atoms with Gasteiger partial charge in [0.25, 0.3) is 0 Å². The van der Waals surface area contributed by atoms with Crippen LogP contribution in [0.3, 0.4) is 0 Å². The Hall–Kier alpha value is -0.660. The molecule has 1 aliphatic carbocycles. The molecule has 0 heterocycles. The number of hydrogen-bond acceptors (Lipinski definition) is 2. The molecule has 0 bridgehead atoms. The predicted molar refractivity (Wildman–Crippen MR) is 79.1 cm³/mol. The van der Waals surface area contributed by atoms with Crippen LogP contribution in [-0.4, -0.2) is 11.6 Å². The van der Waals surface area contributed by atoms with Crippen LogP contribution in [0.25, 0.3) is 0 Å². The molecule has 1 rings (SSSR count). The highest BCUT2D eigenvalue weighted by atomic mass is 16.1. The summed E-state index contributed by atoms with van der Waals surface area (Å²) in [5, 5.41) is 0. The van der Waals surface area contributed by atoms with Crippen molar-refractivity contribution in [3.05, 3.63) is 0 Å². The summed E-state index contributed by atoms with van der Waals surface area (Å²) < 4.78 is 0. The average molecular weight is 266 g/mol. The van der Waals surface area contributed by atoms with E-state index in [-0.39, 0.29) is 17.5 Å². The van der Waals surface area contributed by atoms with Crippen LogP contribution in [0, 0.1) is 17.8 Å². The van der Waals surface area contributed by atoms with Crippen molar-refractivity contribution in [2.45, 2.75) is 78.6 Å². The standard InChI is InChI=1S/C17H30O2/c1-4-5-6-7-8-9-16(18)15-12-14(13(2)3)10-11-17(15)19/h13-15H,4-12H2,1-3H3. The van der Waals surface area contributed by atoms with E-state index < -0.39 is 0 Å². The van der Waals surface area contributed by atoms with Crippen LogP contribution in [0.1, 0.15) is 78.6 Å². The van der Waals surface area contributed by atoms with Gasteiger partial charge in [0.05, 0.1) is 5.92 Å². The minimum Gasteiger partial charge on any atom is -0.299 e. The molecular weight excluding hydrogens is 236 g/mol. The summed E-state index contributed by atoms with van der Waals surface area (Å²) in [5.74, 6) is 1.30. The lowest BCUT2D eigenvalue weighted by molar-refractivity contribution is -0.135. The fourth-order valence-corrected chi connectivity index (χ4v) is 3.05. The minimum absolute atomic E-state index is 0.204. The van der Waals surface area contributed by atoms with Gasteiger partial charge in [-0.2, -0.15) is 0 Å². The second kappa shape index (κ2) is 8.50. The van der Waals surface area contributed by atoms with Gasteiger partial charge in [-0.1, -0.05) is 46.5 Å². The molecule has 19 heavy (non-hydrogen) atoms. The lowest BCUT2D eigenvalue weighted by Gasteiger charge is -2.29. The van der Waals surface area contributed by atoms with Gasteiger partial charge in [-0.25, -0.2) is 0 Å². The predicted octanol–water partition coefficient (Wildman–Crippen LogP) is 4.56. The molecule has 0 aromatic heterocycles. The molecule has 0 aromatic carbocycles. The quantitative estimate of drug-likeness (QED) is 0.477. The molecule has 0 aromatic rings. The highest BCUT2D eigenvalue weighted by Gasteiger charge is 2.34. The molecule has 1 aliphatic rings. The number of carbonyl (C=O) groups is 2. The Morgan fingerprint density at radius 3 is 2.53 bits per heavy atom. The van der Waals surface area contributed by atoms with Crippen molar-refractivity contribution >= 4 is 11.6 Å². The Bertz CT molecular complexity index is 294. The van der Waals surface area contributed by atoms with Gasteiger partial charge in [-0.3, -0.25) is 9.59 Å². The summed E-state index contributed by atoms with van der Waals surface area (Å²) in [6.45, 7) is 6.59. The monoisotopic (exact) mass is 266 g/mol. The molecule has 1 fully saturated rings. The molecule has 110 valence electrons. The fourth-order valence-electron chi connectivity index (χ4n) is 3.05. The molecule has 2 heteroatoms. The van der Waals surface area contributed by atoms with Crippen molar-refractivity contribution in [2.75, 3.05) is 0 Å². The third-order valence-corrected chi connectivity index (χ3v) is 4.55. The first-order chi connectivity index (χ1) is 9.06. The van der Waals surface area contributed by atoms with E-state index in [2.05, 4.69) is 20.8 Å². The molecule has 2 atom stereocenters. The number of rotatable bonds is 8. The van der Waals surface area contributed by atoms with Gasteiger partial charge < -0.3 is 0 Å². The van der Waals surface area contributed by atoms with Crippen molar-refractivity contribution in [3.63, 3.8) is 0 Å². The third kappa shape index (κ3) is 5.46. The van der Waals surface area contributed by atoms with Crippen LogP contribution >= 0.6 is 0 Å². The second-order valence-corrected chi connectivity index (χ2v) is 6.43. The van der Waals surface area contributed by atoms with Crippen LogP contribution in [0.5, 0.6) is 0 Å². The summed E-state index contributed by atoms with van der Waals surface area (Å²) in [4.78, 5) is 24.1. The Balaban J connectivity index is 2.34. The third-order valence-electron chi connectivity index (χ3n) is 4.55. The maximum absolute atomic E-state index is 12.2. The van der Waals surface area contributed by atoms with Gasteiger partial charge >= 0.3 is 0 Å². The van der Waals surface area contributed by atoms with Crippen molar-refractivity contribution in [3.8, 4) is 0 Å². The first kappa shape index (κ1) is 16.4. The Morgan fingerprint density at radius 2 is 1.89 bits per heavy atom. The van der Waals surface area contributed by atoms with Gasteiger partial charge in [-0.05, 0) is 31.1 Å². The highest BCUT2D eigenvalue weighted by molar-refractivity contribution is 6.02. The van der Waals surface area contributed by atoms with Crippen LogP contribution in [0.15, 0.2) is 0 Å². The molecule has 0 spiro atoms. The van der Waals surface area contributed by atoms with E-state index in [0.717, 1.165) is 25.7 Å². The van der Waals surface area contributed by atoms with Gasteiger partial charge in [0, 0.05) is 12.8 Å². The van der Waals surface area contributed by atoms with Crippen LogP contribution in [0.2, 0.25) is 0 Å². The summed E-state index contributed by atoms with van der Waals surface area (Å²) >= 11 is 0. The summed E-state index contributed by atoms with van der Waals surface area (Å²) in [5.41, 5.74) is 0. The Kier molecular flexibility index (Phi) is 7.33. The van der Waals surface area contributed by atoms with Crippen LogP contribution in [0.4, 0.5) is 0 Å². The number of ketones is 2. The number of hydrogen-bond donors (Lipinski definition) is 0. The first-order valence-corrected chi connectivity index (χ1v) is 8.11. The minimum atomic E-state index is -0.271. The molecule has 0 aliphatic heterocycles. The van der Waals surface area contributed by atoms with E-state index in [1.807, 2.05) is 0 Å². The van der Waals surface area contributed by atoms with Crippen molar-refractivity contribution in [1.82, 2.24) is 0 Å². The van der Waals surface area contributed by atoms with Crippen LogP contribution in [-0.2, 0) is 9.59 Å². The van der Waals surface area contributed by atoms with Crippen molar-refractivity contribution in [2.24, 2.45) is 17.8 Å². The molecule has 0 amide bonds. The summed E-state index contributed by atoms with van der Waals surface area (Å²) in [6.07, 6.45) is 8.83. The van der Waals surface area contributed by atoms with E-state index in [9.17, 15) is 9.59 Å². The van der Waals surface area contributed by atoms with E-state index in [4.69, 9.17) is 0 Å². The second-order valence-electron chi connectivity index (χ2n) is 6.43. The zero-order valence-corrected chi connectivity index (χ0v) is 12.9. The first-order valence-electron chi connectivity index (χ1n) is 8.11. The van der Waals surface area contributed by atoms with E-state index in [0.29, 0.717) is 24.7 Å². The summed E-state index contributed by atoms with van der Waals surface area (Å²) in [6, 6.07) is 0. The number of Topliss-reactive ketones (excluding diaryl/α,β-unsaturated/α-hetero) is 2. The SMILES string of the molecule is CCCCCCCC(=O)C1CC(C(C)C)CCC1=O. The maximum atomic E-state index is 12.2. The van der Waals surface area contributed by atoms with Gasteiger partial charge in [-0.15, -0.1) is 0 Å². The van der Waals surface area contributed by atoms with Gasteiger partial charge in [0.2, 0.25) is 0 Å². The van der Waals surface area contributed by atoms with E-state index in [1.54, 1.807) is 0 Å². The van der Waals surface area contributed by atoms with Crippen molar-refractivity contribution in [1.29, 1.82) is 0 Å². The maximum Gasteiger partial charge on any atom is 0.143 e. The lowest BCUT2D eigenvalue weighted by atomic mass is 9.73. The molecule has 0 radical (unpaired) electrons. The molecule has 1 saturated carbocycles. The Labute approximate surface area is 118 Å². The lowest BCUT2D eigenvalue weighted by Crippen LogP contribution is -2.32. The van der Waals surface area contributed by atoms with Gasteiger partial charge in [0.15, 0.2) is 0 Å². The van der Waals surface area contributed by atoms with Gasteiger partial charge in [0.1, 0.15) is 11.6 Å². The largest absolute Gasteiger partial charge is 0.299 e. The fraction of sp³-hybridized carbons (Fsp3) is 0.882. The summed E-state index contributed by atoms with van der Waals surface area (Å²) in [7, 11) is 0. The van der Waals surface area contributed by atoms with E-state index in [1.165, 1.54) is 19.3 Å². The number of unbranched alkanes of at least 4 members (excludes halogenated alkanes) is 4. The van der Waals surface area contributed by atoms with Crippen LogP contribution < -0.4 is 0 Å². The topological polar surface area (TPSA) is 34.1 Å². The zero-order valence-electron chi connectivity index (χ0n) is 12.9.